The van der Waals surface area contributed by atoms with Crippen molar-refractivity contribution in [2.24, 2.45) is 0 Å². The predicted molar refractivity (Wildman–Crippen MR) is 107 cm³/mol. The second kappa shape index (κ2) is 6.73. The monoisotopic (exact) mass is 391 g/mol. The average molecular weight is 391 g/mol. The first kappa shape index (κ1) is 21.1. The highest BCUT2D eigenvalue weighted by Gasteiger charge is 2.52. The maximum atomic E-state index is 13.7. The average Bonchev–Trinajstić information content (AvgIpc) is 2.72. The molecule has 0 atom stereocenters. The molecule has 1 heterocycles. The number of hydrogen-bond donors (Lipinski definition) is 1. The highest BCUT2D eigenvalue weighted by molar-refractivity contribution is 6.62. The van der Waals surface area contributed by atoms with Crippen LogP contribution in [0.3, 0.4) is 0 Å². The van der Waals surface area contributed by atoms with Gasteiger partial charge < -0.3 is 19.4 Å². The van der Waals surface area contributed by atoms with Crippen molar-refractivity contribution in [1.82, 2.24) is 5.32 Å². The molecule has 1 aromatic carbocycles. The first-order valence-corrected chi connectivity index (χ1v) is 9.84. The van der Waals surface area contributed by atoms with Crippen molar-refractivity contribution in [3.63, 3.8) is 0 Å². The Hall–Kier alpha value is -1.60. The quantitative estimate of drug-likeness (QED) is 0.796. The van der Waals surface area contributed by atoms with E-state index in [1.807, 2.05) is 72.7 Å². The fourth-order valence-corrected chi connectivity index (χ4v) is 3.47. The molecule has 0 radical (unpaired) electrons. The third-order valence-electron chi connectivity index (χ3n) is 5.83. The Balaban J connectivity index is 1.76. The topological polar surface area (TPSA) is 56.8 Å². The van der Waals surface area contributed by atoms with Crippen LogP contribution in [-0.2, 0) is 19.6 Å². The highest BCUT2D eigenvalue weighted by atomic mass is 19.1. The molecule has 2 aliphatic rings. The lowest BCUT2D eigenvalue weighted by molar-refractivity contribution is -0.0972. The first-order chi connectivity index (χ1) is 12.7. The molecule has 1 aromatic rings. The molecule has 0 unspecified atom stereocenters. The standard InChI is InChI=1S/C21H31BFNO4/c1-18(2,3)24-17(25)26-21(12-16(23)13-21)14-8-10-15(11-9-14)22-27-19(4,5)20(6,7)28-22/h8-11,16H,12-13H2,1-7H3,(H,24,25). The van der Waals surface area contributed by atoms with Crippen LogP contribution in [0.4, 0.5) is 9.18 Å². The molecule has 154 valence electrons. The molecule has 5 nitrogen and oxygen atoms in total. The molecule has 0 aromatic heterocycles. The number of carbonyl (C=O) groups excluding carboxylic acids is 1. The fraction of sp³-hybridized carbons (Fsp3) is 0.667. The highest BCUT2D eigenvalue weighted by Crippen LogP contribution is 2.46. The van der Waals surface area contributed by atoms with Crippen LogP contribution in [0.15, 0.2) is 24.3 Å². The van der Waals surface area contributed by atoms with Crippen LogP contribution in [0.5, 0.6) is 0 Å². The van der Waals surface area contributed by atoms with E-state index in [1.54, 1.807) is 0 Å². The van der Waals surface area contributed by atoms with E-state index in [2.05, 4.69) is 5.32 Å². The van der Waals surface area contributed by atoms with Gasteiger partial charge in [-0.25, -0.2) is 9.18 Å². The van der Waals surface area contributed by atoms with Gasteiger partial charge in [0.2, 0.25) is 0 Å². The third kappa shape index (κ3) is 4.06. The molecule has 3 rings (SSSR count). The van der Waals surface area contributed by atoms with Gasteiger partial charge in [0.1, 0.15) is 11.8 Å². The van der Waals surface area contributed by atoms with E-state index in [1.165, 1.54) is 0 Å². The summed E-state index contributed by atoms with van der Waals surface area (Å²) in [5.41, 5.74) is -0.512. The van der Waals surface area contributed by atoms with E-state index in [0.29, 0.717) is 0 Å². The van der Waals surface area contributed by atoms with Crippen molar-refractivity contribution in [2.45, 2.75) is 89.8 Å². The van der Waals surface area contributed by atoms with Crippen molar-refractivity contribution in [3.05, 3.63) is 29.8 Å². The number of halogens is 1. The zero-order valence-corrected chi connectivity index (χ0v) is 17.9. The van der Waals surface area contributed by atoms with Gasteiger partial charge in [0.25, 0.3) is 0 Å². The van der Waals surface area contributed by atoms with Gasteiger partial charge in [-0.2, -0.15) is 0 Å². The van der Waals surface area contributed by atoms with E-state index in [-0.39, 0.29) is 12.8 Å². The normalized spacial score (nSPS) is 28.6. The lowest BCUT2D eigenvalue weighted by Gasteiger charge is -2.44. The number of hydrogen-bond acceptors (Lipinski definition) is 4. The Kier molecular flexibility index (Phi) is 5.08. The summed E-state index contributed by atoms with van der Waals surface area (Å²) in [6, 6.07) is 7.54. The summed E-state index contributed by atoms with van der Waals surface area (Å²) in [7, 11) is -0.463. The van der Waals surface area contributed by atoms with Crippen molar-refractivity contribution >= 4 is 18.7 Å². The van der Waals surface area contributed by atoms with Gasteiger partial charge in [0.15, 0.2) is 0 Å². The number of alkyl halides is 1. The molecule has 1 aliphatic carbocycles. The van der Waals surface area contributed by atoms with Gasteiger partial charge in [-0.05, 0) is 59.5 Å². The molecule has 0 spiro atoms. The number of carbonyl (C=O) groups is 1. The number of amides is 1. The molecule has 28 heavy (non-hydrogen) atoms. The van der Waals surface area contributed by atoms with Gasteiger partial charge in [-0.3, -0.25) is 0 Å². The van der Waals surface area contributed by atoms with Gasteiger partial charge in [0.05, 0.1) is 11.2 Å². The van der Waals surface area contributed by atoms with E-state index in [9.17, 15) is 9.18 Å². The fourth-order valence-electron chi connectivity index (χ4n) is 3.47. The van der Waals surface area contributed by atoms with Crippen LogP contribution in [-0.4, -0.2) is 36.1 Å². The molecule has 1 saturated carbocycles. The molecule has 1 amide bonds. The molecule has 1 N–H and O–H groups in total. The van der Waals surface area contributed by atoms with Crippen molar-refractivity contribution in [3.8, 4) is 0 Å². The van der Waals surface area contributed by atoms with E-state index in [0.717, 1.165) is 11.0 Å². The molecular formula is C21H31BFNO4. The van der Waals surface area contributed by atoms with Gasteiger partial charge in [-0.15, -0.1) is 0 Å². The molecule has 7 heteroatoms. The smallest absolute Gasteiger partial charge is 0.438 e. The van der Waals surface area contributed by atoms with Crippen molar-refractivity contribution in [1.29, 1.82) is 0 Å². The Morgan fingerprint density at radius 2 is 1.61 bits per heavy atom. The number of alkyl carbamates (subject to hydrolysis) is 1. The molecule has 2 fully saturated rings. The van der Waals surface area contributed by atoms with Crippen LogP contribution in [0.2, 0.25) is 0 Å². The minimum atomic E-state index is -0.967. The van der Waals surface area contributed by atoms with Crippen LogP contribution in [0, 0.1) is 0 Å². The molecule has 0 bridgehead atoms. The largest absolute Gasteiger partial charge is 0.494 e. The lowest BCUT2D eigenvalue weighted by Crippen LogP contribution is -2.51. The maximum absolute atomic E-state index is 13.7. The third-order valence-corrected chi connectivity index (χ3v) is 5.83. The van der Waals surface area contributed by atoms with Crippen LogP contribution < -0.4 is 10.8 Å². The Morgan fingerprint density at radius 1 is 1.11 bits per heavy atom. The van der Waals surface area contributed by atoms with Gasteiger partial charge in [-0.1, -0.05) is 24.3 Å². The Bertz CT molecular complexity index is 720. The second-order valence-electron chi connectivity index (χ2n) is 9.97. The predicted octanol–water partition coefficient (Wildman–Crippen LogP) is 3.84. The Morgan fingerprint density at radius 3 is 2.04 bits per heavy atom. The molecule has 1 saturated heterocycles. The maximum Gasteiger partial charge on any atom is 0.494 e. The van der Waals surface area contributed by atoms with Crippen molar-refractivity contribution < 1.29 is 23.2 Å². The SMILES string of the molecule is CC(C)(C)NC(=O)OC1(c2ccc(B3OC(C)(C)C(C)(C)O3)cc2)CC(F)C1. The minimum Gasteiger partial charge on any atom is -0.438 e. The van der Waals surface area contributed by atoms with E-state index in [4.69, 9.17) is 14.0 Å². The number of rotatable bonds is 3. The van der Waals surface area contributed by atoms with E-state index >= 15 is 0 Å². The van der Waals surface area contributed by atoms with Gasteiger partial charge >= 0.3 is 13.2 Å². The zero-order chi connectivity index (χ0) is 21.0. The number of ether oxygens (including phenoxy) is 1. The van der Waals surface area contributed by atoms with Crippen LogP contribution in [0.25, 0.3) is 0 Å². The summed E-state index contributed by atoms with van der Waals surface area (Å²) in [5, 5.41) is 2.78. The molecule has 1 aliphatic heterocycles. The second-order valence-corrected chi connectivity index (χ2v) is 9.97. The summed E-state index contributed by atoms with van der Waals surface area (Å²) in [5.74, 6) is 0. The van der Waals surface area contributed by atoms with Crippen LogP contribution >= 0.6 is 0 Å². The van der Waals surface area contributed by atoms with Gasteiger partial charge in [0, 0.05) is 18.4 Å². The summed E-state index contributed by atoms with van der Waals surface area (Å²) in [6.07, 6.45) is -1.17. The van der Waals surface area contributed by atoms with Crippen molar-refractivity contribution in [2.75, 3.05) is 0 Å². The zero-order valence-electron chi connectivity index (χ0n) is 17.9. The van der Waals surface area contributed by atoms with Crippen LogP contribution in [0.1, 0.15) is 66.9 Å². The summed E-state index contributed by atoms with van der Waals surface area (Å²) in [4.78, 5) is 12.3. The van der Waals surface area contributed by atoms with E-state index < -0.39 is 41.7 Å². The minimum absolute atomic E-state index is 0.167. The lowest BCUT2D eigenvalue weighted by atomic mass is 9.71. The summed E-state index contributed by atoms with van der Waals surface area (Å²) >= 11 is 0. The molecular weight excluding hydrogens is 360 g/mol. The Labute approximate surface area is 167 Å². The summed E-state index contributed by atoms with van der Waals surface area (Å²) < 4.78 is 31.6. The number of nitrogens with one attached hydrogen (secondary N) is 1. The number of benzene rings is 1. The summed E-state index contributed by atoms with van der Waals surface area (Å²) in [6.45, 7) is 13.7. The first-order valence-electron chi connectivity index (χ1n) is 9.84.